The topological polar surface area (TPSA) is 519 Å². The maximum atomic E-state index is 14.7. The van der Waals surface area contributed by atoms with Gasteiger partial charge < -0.3 is 92.5 Å². The number of nitrogens with one attached hydrogen (secondary N) is 8. The third-order valence-electron chi connectivity index (χ3n) is 16.0. The zero-order chi connectivity index (χ0) is 70.1. The smallest absolute Gasteiger partial charge is 0.245 e. The fraction of sp³-hybridized carbons (Fsp3) is 0.587. The molecule has 0 unspecified atom stereocenters. The summed E-state index contributed by atoms with van der Waals surface area (Å²) in [5, 5.41) is 21.1. The highest BCUT2D eigenvalue weighted by Crippen LogP contribution is 2.24. The Morgan fingerprint density at radius 1 is 0.537 bits per heavy atom. The van der Waals surface area contributed by atoms with Crippen molar-refractivity contribution in [2.45, 2.75) is 183 Å². The van der Waals surface area contributed by atoms with Gasteiger partial charge in [0.05, 0.1) is 12.6 Å². The van der Waals surface area contributed by atoms with E-state index in [0.717, 1.165) is 0 Å². The van der Waals surface area contributed by atoms with E-state index in [1.54, 1.807) is 60.7 Å². The molecule has 2 aromatic rings. The number of guanidine groups is 1. The molecule has 2 aliphatic heterocycles. The Balaban J connectivity index is 1.56. The van der Waals surface area contributed by atoms with Crippen LogP contribution in [0.4, 0.5) is 0 Å². The average Bonchev–Trinajstić information content (AvgIpc) is 1.74. The van der Waals surface area contributed by atoms with Crippen LogP contribution in [-0.2, 0) is 75.2 Å². The minimum absolute atomic E-state index is 0.0736. The summed E-state index contributed by atoms with van der Waals surface area (Å²) in [5.74, 6) is -9.80. The zero-order valence-electron chi connectivity index (χ0n) is 54.5. The number of aliphatic imine (C=N–C) groups is 1. The first-order valence-electron chi connectivity index (χ1n) is 32.2. The van der Waals surface area contributed by atoms with Gasteiger partial charge in [-0.25, -0.2) is 0 Å². The van der Waals surface area contributed by atoms with Gasteiger partial charge in [-0.3, -0.25) is 67.3 Å². The molecule has 2 aromatic carbocycles. The summed E-state index contributed by atoms with van der Waals surface area (Å²) < 4.78 is 0. The monoisotopic (exact) mass is 1350 g/mol. The number of likely N-dealkylation sites (tertiary alicyclic amines) is 2. The highest BCUT2D eigenvalue weighted by atomic mass is 32.2. The van der Waals surface area contributed by atoms with Crippen molar-refractivity contribution in [2.24, 2.45) is 51.0 Å². The van der Waals surface area contributed by atoms with Crippen LogP contribution >= 0.6 is 11.8 Å². The molecule has 2 fully saturated rings. The summed E-state index contributed by atoms with van der Waals surface area (Å²) in [6.45, 7) is 3.86. The third-order valence-corrected chi connectivity index (χ3v) is 16.7. The number of carbonyl (C=O) groups excluding carboxylic acids is 13. The lowest BCUT2D eigenvalue weighted by Gasteiger charge is -2.32. The number of unbranched alkanes of at least 4 members (excludes halogenated alkanes) is 1. The first kappa shape index (κ1) is 78.5. The largest absolute Gasteiger partial charge is 0.370 e. The Morgan fingerprint density at radius 2 is 1.01 bits per heavy atom. The van der Waals surface area contributed by atoms with Gasteiger partial charge in [-0.15, -0.1) is 0 Å². The molecule has 2 heterocycles. The first-order valence-corrected chi connectivity index (χ1v) is 33.6. The predicted octanol–water partition coefficient (Wildman–Crippen LogP) is -3.71. The molecular formula is C63H98N18O13S. The molecule has 13 amide bonds. The Labute approximate surface area is 558 Å². The lowest BCUT2D eigenvalue weighted by molar-refractivity contribution is -0.144. The van der Waals surface area contributed by atoms with Gasteiger partial charge in [0.25, 0.3) is 0 Å². The fourth-order valence-electron chi connectivity index (χ4n) is 11.0. The molecule has 10 atom stereocenters. The molecule has 22 N–H and O–H groups in total. The van der Waals surface area contributed by atoms with Gasteiger partial charge in [0.15, 0.2) is 5.96 Å². The van der Waals surface area contributed by atoms with Crippen molar-refractivity contribution >= 4 is 94.5 Å². The number of nitrogens with two attached hydrogens (primary N) is 7. The van der Waals surface area contributed by atoms with Crippen LogP contribution in [0.2, 0.25) is 0 Å². The number of amides is 13. The van der Waals surface area contributed by atoms with Gasteiger partial charge in [0.2, 0.25) is 76.8 Å². The summed E-state index contributed by atoms with van der Waals surface area (Å²) in [7, 11) is 0. The van der Waals surface area contributed by atoms with Crippen molar-refractivity contribution in [1.82, 2.24) is 52.3 Å². The molecular weight excluding hydrogens is 1250 g/mol. The second-order valence-corrected chi connectivity index (χ2v) is 25.1. The molecule has 4 rings (SSSR count). The highest BCUT2D eigenvalue weighted by molar-refractivity contribution is 7.98. The van der Waals surface area contributed by atoms with Crippen LogP contribution in [0.1, 0.15) is 121 Å². The highest BCUT2D eigenvalue weighted by Gasteiger charge is 2.42. The van der Waals surface area contributed by atoms with Crippen LogP contribution in [0.25, 0.3) is 0 Å². The molecule has 0 spiro atoms. The Kier molecular flexibility index (Phi) is 33.9. The van der Waals surface area contributed by atoms with Crippen molar-refractivity contribution in [3.05, 3.63) is 71.8 Å². The summed E-state index contributed by atoms with van der Waals surface area (Å²) in [4.78, 5) is 185. The second-order valence-electron chi connectivity index (χ2n) is 24.1. The molecule has 2 saturated heterocycles. The third kappa shape index (κ3) is 27.5. The quantitative estimate of drug-likeness (QED) is 0.0173. The molecule has 0 radical (unpaired) electrons. The van der Waals surface area contributed by atoms with E-state index in [1.165, 1.54) is 21.6 Å². The number of hydrogen-bond acceptors (Lipinski definition) is 17. The van der Waals surface area contributed by atoms with Gasteiger partial charge in [-0.1, -0.05) is 74.5 Å². The average molecular weight is 1350 g/mol. The van der Waals surface area contributed by atoms with E-state index in [4.69, 9.17) is 40.1 Å². The number of primary amides is 3. The van der Waals surface area contributed by atoms with Gasteiger partial charge in [-0.2, -0.15) is 11.8 Å². The van der Waals surface area contributed by atoms with Crippen molar-refractivity contribution in [3.8, 4) is 0 Å². The van der Waals surface area contributed by atoms with E-state index in [1.807, 2.05) is 20.1 Å². The van der Waals surface area contributed by atoms with Crippen LogP contribution in [-0.4, -0.2) is 198 Å². The van der Waals surface area contributed by atoms with E-state index in [2.05, 4.69) is 47.5 Å². The van der Waals surface area contributed by atoms with Crippen molar-refractivity contribution < 1.29 is 62.3 Å². The van der Waals surface area contributed by atoms with Crippen molar-refractivity contribution in [3.63, 3.8) is 0 Å². The summed E-state index contributed by atoms with van der Waals surface area (Å²) in [5.41, 5.74) is 40.6. The van der Waals surface area contributed by atoms with Crippen LogP contribution in [0.5, 0.6) is 0 Å². The standard InChI is InChI=1S/C63H98N18O13S/c1-37(2)33-45(57(89)74-41(53(68)85)27-32-95-3)73-52(84)36-72-54(86)46(34-38-15-6-4-7-16-38)78-58(90)47(35-39-17-8-5-9-18-39)79-56(88)42(23-25-50(66)82)75-55(87)43(24-26-51(67)83)76-59(91)49-22-14-31-81(49)62(94)44(20-10-11-28-64)77-60(92)48-21-13-30-80(48)61(93)40(65)19-12-29-71-63(69)70/h4-9,15-18,37,40-49H,10-14,19-36,64-65H2,1-3H3,(H2,66,82)(H2,67,83)(H2,68,85)(H,72,86)(H,73,84)(H,74,89)(H,75,87)(H,76,91)(H,77,92)(H,78,90)(H,79,88)(H4,69,70,71)/t40-,41-,42+,43+,44-,45-,46+,47-,48-,49+/m0/s1. The first-order chi connectivity index (χ1) is 45.2. The Morgan fingerprint density at radius 3 is 1.51 bits per heavy atom. The van der Waals surface area contributed by atoms with Gasteiger partial charge in [-0.05, 0) is 119 Å². The number of carbonyl (C=O) groups is 13. The molecule has 0 bridgehead atoms. The molecule has 0 saturated carbocycles. The number of hydrogen-bond donors (Lipinski definition) is 15. The van der Waals surface area contributed by atoms with Crippen molar-refractivity contribution in [1.29, 1.82) is 0 Å². The van der Waals surface area contributed by atoms with Crippen LogP contribution in [0.15, 0.2) is 65.7 Å². The molecule has 524 valence electrons. The van der Waals surface area contributed by atoms with Gasteiger partial charge in [0.1, 0.15) is 54.4 Å². The normalized spacial score (nSPS) is 16.8. The van der Waals surface area contributed by atoms with Crippen molar-refractivity contribution in [2.75, 3.05) is 44.7 Å². The lowest BCUT2D eigenvalue weighted by Crippen LogP contribution is -2.60. The minimum Gasteiger partial charge on any atom is -0.370 e. The number of rotatable bonds is 42. The van der Waals surface area contributed by atoms with E-state index >= 15 is 0 Å². The van der Waals surface area contributed by atoms with Crippen LogP contribution in [0.3, 0.4) is 0 Å². The summed E-state index contributed by atoms with van der Waals surface area (Å²) in [6.07, 6.45) is 3.12. The predicted molar refractivity (Wildman–Crippen MR) is 356 cm³/mol. The number of nitrogens with zero attached hydrogens (tertiary/aromatic N) is 3. The maximum absolute atomic E-state index is 14.7. The fourth-order valence-corrected chi connectivity index (χ4v) is 11.5. The van der Waals surface area contributed by atoms with E-state index in [0.29, 0.717) is 55.4 Å². The maximum Gasteiger partial charge on any atom is 0.245 e. The zero-order valence-corrected chi connectivity index (χ0v) is 55.3. The molecule has 2 aliphatic rings. The van der Waals surface area contributed by atoms with Gasteiger partial charge in [0, 0.05) is 45.3 Å². The number of thioether (sulfide) groups is 1. The summed E-state index contributed by atoms with van der Waals surface area (Å²) in [6, 6.07) is 4.51. The molecule has 31 nitrogen and oxygen atoms in total. The molecule has 95 heavy (non-hydrogen) atoms. The molecule has 32 heteroatoms. The van der Waals surface area contributed by atoms with E-state index in [9.17, 15) is 62.3 Å². The van der Waals surface area contributed by atoms with Crippen LogP contribution in [0, 0.1) is 5.92 Å². The molecule has 0 aromatic heterocycles. The second kappa shape index (κ2) is 41.0. The van der Waals surface area contributed by atoms with E-state index in [-0.39, 0.29) is 83.0 Å². The van der Waals surface area contributed by atoms with Gasteiger partial charge >= 0.3 is 0 Å². The Hall–Kier alpha value is -8.91. The van der Waals surface area contributed by atoms with Crippen LogP contribution < -0.4 is 82.7 Å². The Bertz CT molecular complexity index is 2960. The SMILES string of the molecule is CSCC[C@H](NC(=O)[C@H](CC(C)C)NC(=O)CNC(=O)[C@@H](Cc1ccccc1)NC(=O)[C@H](Cc1ccccc1)NC(=O)[C@@H](CCC(N)=O)NC(=O)[C@@H](CCC(N)=O)NC(=O)[C@H]1CCCN1C(=O)[C@H](CCCCN)NC(=O)[C@@H]1CCCN1C(=O)[C@@H](N)CCCN=C(N)N)C(N)=O. The lowest BCUT2D eigenvalue weighted by atomic mass is 10.0. The summed E-state index contributed by atoms with van der Waals surface area (Å²) >= 11 is 1.45. The number of benzene rings is 2. The molecule has 0 aliphatic carbocycles. The minimum atomic E-state index is -1.64. The van der Waals surface area contributed by atoms with E-state index < -0.39 is 169 Å².